The number of aromatic nitrogens is 2. The highest BCUT2D eigenvalue weighted by Crippen LogP contribution is 2.37. The molecule has 1 aliphatic heterocycles. The molecular formula is C22H28ClN3O2. The minimum atomic E-state index is 0.102. The molecule has 1 aliphatic carbocycles. The van der Waals surface area contributed by atoms with Gasteiger partial charge in [-0.05, 0) is 56.7 Å². The Morgan fingerprint density at radius 1 is 1.25 bits per heavy atom. The number of fused-ring (bicyclic) bond motifs is 1. The average molecular weight is 402 g/mol. The number of benzene rings is 1. The molecule has 0 spiro atoms. The van der Waals surface area contributed by atoms with E-state index in [0.717, 1.165) is 30.6 Å². The normalized spacial score (nSPS) is 22.0. The summed E-state index contributed by atoms with van der Waals surface area (Å²) in [7, 11) is 1.87. The van der Waals surface area contributed by atoms with Gasteiger partial charge < -0.3 is 9.64 Å². The van der Waals surface area contributed by atoms with Crippen LogP contribution in [0.2, 0.25) is 5.02 Å². The number of hydrogen-bond donors (Lipinski definition) is 0. The summed E-state index contributed by atoms with van der Waals surface area (Å²) in [4.78, 5) is 15.6. The van der Waals surface area contributed by atoms with Crippen LogP contribution in [-0.2, 0) is 7.05 Å². The van der Waals surface area contributed by atoms with Crippen molar-refractivity contribution in [1.29, 1.82) is 0 Å². The third-order valence-electron chi connectivity index (χ3n) is 6.18. The number of carbonyl (C=O) groups excluding carboxylic acids is 1. The van der Waals surface area contributed by atoms with Crippen LogP contribution >= 0.6 is 11.6 Å². The van der Waals surface area contributed by atoms with Crippen LogP contribution in [-0.4, -0.2) is 39.8 Å². The van der Waals surface area contributed by atoms with Crippen LogP contribution in [0.25, 0.3) is 11.3 Å². The summed E-state index contributed by atoms with van der Waals surface area (Å²) in [5, 5.41) is 4.94. The number of aryl methyl sites for hydroxylation is 1. The number of nitrogens with zero attached hydrogens (tertiary/aromatic N) is 3. The van der Waals surface area contributed by atoms with Gasteiger partial charge in [0.15, 0.2) is 0 Å². The SMILES string of the molecule is CCOc1ccc(-c2c(C(=O)N3CCCC4CCCCC43)cnn2C)cc1Cl. The number of carbonyl (C=O) groups is 1. The quantitative estimate of drug-likeness (QED) is 0.729. The van der Waals surface area contributed by atoms with Gasteiger partial charge in [-0.2, -0.15) is 5.10 Å². The average Bonchev–Trinajstić information content (AvgIpc) is 3.10. The first-order valence-corrected chi connectivity index (χ1v) is 10.7. The van der Waals surface area contributed by atoms with E-state index in [1.807, 2.05) is 32.2 Å². The highest BCUT2D eigenvalue weighted by Gasteiger charge is 2.37. The maximum absolute atomic E-state index is 13.5. The molecule has 1 aromatic heterocycles. The summed E-state index contributed by atoms with van der Waals surface area (Å²) in [6.45, 7) is 3.34. The van der Waals surface area contributed by atoms with Gasteiger partial charge in [-0.1, -0.05) is 24.4 Å². The van der Waals surface area contributed by atoms with Crippen molar-refractivity contribution >= 4 is 17.5 Å². The highest BCUT2D eigenvalue weighted by molar-refractivity contribution is 6.32. The Morgan fingerprint density at radius 2 is 2.04 bits per heavy atom. The second-order valence-electron chi connectivity index (χ2n) is 7.86. The molecule has 150 valence electrons. The van der Waals surface area contributed by atoms with Gasteiger partial charge in [0.25, 0.3) is 5.91 Å². The predicted molar refractivity (Wildman–Crippen MR) is 111 cm³/mol. The molecule has 0 N–H and O–H groups in total. The molecule has 2 aromatic rings. The Morgan fingerprint density at radius 3 is 2.82 bits per heavy atom. The molecule has 0 bridgehead atoms. The fraction of sp³-hybridized carbons (Fsp3) is 0.545. The van der Waals surface area contributed by atoms with Crippen LogP contribution in [0.1, 0.15) is 55.8 Å². The number of ether oxygens (including phenoxy) is 1. The highest BCUT2D eigenvalue weighted by atomic mass is 35.5. The summed E-state index contributed by atoms with van der Waals surface area (Å²) in [6, 6.07) is 6.05. The first-order chi connectivity index (χ1) is 13.6. The maximum atomic E-state index is 13.5. The molecule has 2 heterocycles. The van der Waals surface area contributed by atoms with Crippen molar-refractivity contribution < 1.29 is 9.53 Å². The van der Waals surface area contributed by atoms with Crippen molar-refractivity contribution in [2.24, 2.45) is 13.0 Å². The molecule has 4 rings (SSSR count). The molecule has 2 fully saturated rings. The lowest BCUT2D eigenvalue weighted by Gasteiger charge is -2.44. The Bertz CT molecular complexity index is 861. The van der Waals surface area contributed by atoms with E-state index >= 15 is 0 Å². The van der Waals surface area contributed by atoms with Crippen molar-refractivity contribution in [2.75, 3.05) is 13.2 Å². The zero-order chi connectivity index (χ0) is 19.7. The molecule has 2 aliphatic rings. The number of amides is 1. The first-order valence-electron chi connectivity index (χ1n) is 10.4. The van der Waals surface area contributed by atoms with Gasteiger partial charge >= 0.3 is 0 Å². The summed E-state index contributed by atoms with van der Waals surface area (Å²) in [5.74, 6) is 1.42. The molecule has 2 atom stereocenters. The molecule has 2 unspecified atom stereocenters. The van der Waals surface area contributed by atoms with Crippen LogP contribution in [0, 0.1) is 5.92 Å². The Labute approximate surface area is 171 Å². The largest absolute Gasteiger partial charge is 0.492 e. The van der Waals surface area contributed by atoms with E-state index in [1.165, 1.54) is 25.7 Å². The lowest BCUT2D eigenvalue weighted by molar-refractivity contribution is 0.0391. The van der Waals surface area contributed by atoms with Gasteiger partial charge in [0.2, 0.25) is 0 Å². The third kappa shape index (κ3) is 3.52. The second-order valence-corrected chi connectivity index (χ2v) is 8.27. The van der Waals surface area contributed by atoms with Crippen molar-refractivity contribution in [3.63, 3.8) is 0 Å². The third-order valence-corrected chi connectivity index (χ3v) is 6.47. The van der Waals surface area contributed by atoms with Crippen molar-refractivity contribution in [3.05, 3.63) is 35.0 Å². The van der Waals surface area contributed by atoms with E-state index in [0.29, 0.717) is 34.9 Å². The van der Waals surface area contributed by atoms with Gasteiger partial charge in [0, 0.05) is 25.2 Å². The summed E-state index contributed by atoms with van der Waals surface area (Å²) < 4.78 is 7.31. The van der Waals surface area contributed by atoms with E-state index in [9.17, 15) is 4.79 Å². The van der Waals surface area contributed by atoms with E-state index in [2.05, 4.69) is 10.00 Å². The lowest BCUT2D eigenvalue weighted by atomic mass is 9.78. The van der Waals surface area contributed by atoms with E-state index in [4.69, 9.17) is 16.3 Å². The standard InChI is InChI=1S/C22H28ClN3O2/c1-3-28-20-11-10-16(13-18(20)23)21-17(14-24-25(21)2)22(27)26-12-6-8-15-7-4-5-9-19(15)26/h10-11,13-15,19H,3-9,12H2,1-2H3. The van der Waals surface area contributed by atoms with Crippen LogP contribution < -0.4 is 4.74 Å². The number of likely N-dealkylation sites (tertiary alicyclic amines) is 1. The number of piperidine rings is 1. The molecular weight excluding hydrogens is 374 g/mol. The Kier molecular flexibility index (Phi) is 5.63. The van der Waals surface area contributed by atoms with Crippen molar-refractivity contribution in [3.8, 4) is 17.0 Å². The maximum Gasteiger partial charge on any atom is 0.257 e. The molecule has 1 saturated heterocycles. The summed E-state index contributed by atoms with van der Waals surface area (Å²) in [6.07, 6.45) is 8.95. The van der Waals surface area contributed by atoms with Gasteiger partial charge in [0.1, 0.15) is 5.75 Å². The molecule has 0 radical (unpaired) electrons. The molecule has 28 heavy (non-hydrogen) atoms. The molecule has 6 heteroatoms. The molecule has 5 nitrogen and oxygen atoms in total. The number of hydrogen-bond acceptors (Lipinski definition) is 3. The van der Waals surface area contributed by atoms with Crippen molar-refractivity contribution in [1.82, 2.24) is 14.7 Å². The van der Waals surface area contributed by atoms with Crippen LogP contribution in [0.15, 0.2) is 24.4 Å². The van der Waals surface area contributed by atoms with Gasteiger partial charge in [-0.3, -0.25) is 9.48 Å². The monoisotopic (exact) mass is 401 g/mol. The van der Waals surface area contributed by atoms with E-state index < -0.39 is 0 Å². The van der Waals surface area contributed by atoms with E-state index in [1.54, 1.807) is 10.9 Å². The number of halogens is 1. The topological polar surface area (TPSA) is 47.4 Å². The van der Waals surface area contributed by atoms with Crippen molar-refractivity contribution in [2.45, 2.75) is 51.5 Å². The molecule has 1 saturated carbocycles. The van der Waals surface area contributed by atoms with Gasteiger partial charge in [-0.25, -0.2) is 0 Å². The van der Waals surface area contributed by atoms with E-state index in [-0.39, 0.29) is 5.91 Å². The lowest BCUT2D eigenvalue weighted by Crippen LogP contribution is -2.49. The summed E-state index contributed by atoms with van der Waals surface area (Å²) >= 11 is 6.40. The van der Waals surface area contributed by atoms with Gasteiger partial charge in [-0.15, -0.1) is 0 Å². The van der Waals surface area contributed by atoms with Crippen LogP contribution in [0.5, 0.6) is 5.75 Å². The van der Waals surface area contributed by atoms with Gasteiger partial charge in [0.05, 0.1) is 29.1 Å². The predicted octanol–water partition coefficient (Wildman–Crippen LogP) is 4.93. The minimum absolute atomic E-state index is 0.102. The Hall–Kier alpha value is -2.01. The fourth-order valence-electron chi connectivity index (χ4n) is 4.89. The number of rotatable bonds is 4. The zero-order valence-corrected chi connectivity index (χ0v) is 17.4. The first kappa shape index (κ1) is 19.3. The fourth-order valence-corrected chi connectivity index (χ4v) is 5.12. The zero-order valence-electron chi connectivity index (χ0n) is 16.7. The van der Waals surface area contributed by atoms with Crippen LogP contribution in [0.4, 0.5) is 0 Å². The molecule has 1 amide bonds. The Balaban J connectivity index is 1.66. The minimum Gasteiger partial charge on any atom is -0.492 e. The summed E-state index contributed by atoms with van der Waals surface area (Å²) in [5.41, 5.74) is 2.36. The molecule has 1 aromatic carbocycles. The smallest absolute Gasteiger partial charge is 0.257 e. The van der Waals surface area contributed by atoms with Crippen LogP contribution in [0.3, 0.4) is 0 Å². The second kappa shape index (κ2) is 8.16.